The average molecular weight is 277 g/mol. The first-order chi connectivity index (χ1) is 9.69. The molecule has 0 aliphatic carbocycles. The fraction of sp³-hybridized carbons (Fsp3) is 0.500. The van der Waals surface area contributed by atoms with Crippen LogP contribution in [-0.4, -0.2) is 53.3 Å². The number of hydrogen-bond acceptors (Lipinski definition) is 6. The number of nitrogens with zero attached hydrogens (tertiary/aromatic N) is 4. The molecule has 0 aliphatic heterocycles. The number of nitrogens with one attached hydrogen (secondary N) is 3. The highest BCUT2D eigenvalue weighted by atomic mass is 16.1. The summed E-state index contributed by atoms with van der Waals surface area (Å²) in [5.74, 6) is 1.15. The Labute approximate surface area is 117 Å². The van der Waals surface area contributed by atoms with Gasteiger partial charge in [0, 0.05) is 20.6 Å². The molecule has 0 aromatic carbocycles. The van der Waals surface area contributed by atoms with Gasteiger partial charge in [-0.25, -0.2) is 0 Å². The molecule has 108 valence electrons. The molecule has 0 atom stereocenters. The molecule has 0 spiro atoms. The summed E-state index contributed by atoms with van der Waals surface area (Å²) in [4.78, 5) is 22.3. The summed E-state index contributed by atoms with van der Waals surface area (Å²) in [5, 5.41) is 13.2. The van der Waals surface area contributed by atoms with Crippen molar-refractivity contribution >= 4 is 28.7 Å². The summed E-state index contributed by atoms with van der Waals surface area (Å²) in [6.45, 7) is 3.04. The van der Waals surface area contributed by atoms with E-state index in [2.05, 4.69) is 37.7 Å². The van der Waals surface area contributed by atoms with Crippen LogP contribution in [0.1, 0.15) is 13.3 Å². The van der Waals surface area contributed by atoms with E-state index in [4.69, 9.17) is 0 Å². The highest BCUT2D eigenvalue weighted by Crippen LogP contribution is 2.23. The van der Waals surface area contributed by atoms with E-state index in [0.29, 0.717) is 17.4 Å². The molecular formula is C12H19N7O. The topological polar surface area (TPSA) is 98.8 Å². The predicted octanol–water partition coefficient (Wildman–Crippen LogP) is 0.357. The number of carbonyl (C=O) groups is 1. The third-order valence-electron chi connectivity index (χ3n) is 2.92. The lowest BCUT2D eigenvalue weighted by Gasteiger charge is -2.23. The molecule has 20 heavy (non-hydrogen) atoms. The maximum Gasteiger partial charge on any atom is 0.239 e. The summed E-state index contributed by atoms with van der Waals surface area (Å²) in [7, 11) is 3.38. The lowest BCUT2D eigenvalue weighted by Crippen LogP contribution is -2.36. The molecular weight excluding hydrogens is 258 g/mol. The number of rotatable bonds is 6. The van der Waals surface area contributed by atoms with Gasteiger partial charge in [-0.1, -0.05) is 6.92 Å². The lowest BCUT2D eigenvalue weighted by molar-refractivity contribution is -0.119. The second kappa shape index (κ2) is 6.18. The first-order valence-electron chi connectivity index (χ1n) is 6.54. The van der Waals surface area contributed by atoms with Gasteiger partial charge in [-0.3, -0.25) is 9.89 Å². The second-order valence-corrected chi connectivity index (χ2v) is 4.35. The van der Waals surface area contributed by atoms with Gasteiger partial charge in [0.2, 0.25) is 11.9 Å². The Morgan fingerprint density at radius 1 is 1.40 bits per heavy atom. The average Bonchev–Trinajstić information content (AvgIpc) is 2.93. The van der Waals surface area contributed by atoms with Gasteiger partial charge in [-0.15, -0.1) is 0 Å². The summed E-state index contributed by atoms with van der Waals surface area (Å²) in [6, 6.07) is 0. The van der Waals surface area contributed by atoms with E-state index in [-0.39, 0.29) is 12.5 Å². The van der Waals surface area contributed by atoms with E-state index in [1.165, 1.54) is 0 Å². The molecule has 2 aromatic heterocycles. The maximum atomic E-state index is 11.7. The van der Waals surface area contributed by atoms with Crippen molar-refractivity contribution in [2.75, 3.05) is 37.4 Å². The zero-order valence-electron chi connectivity index (χ0n) is 11.9. The normalized spacial score (nSPS) is 10.6. The van der Waals surface area contributed by atoms with Gasteiger partial charge < -0.3 is 15.5 Å². The molecule has 8 nitrogen and oxygen atoms in total. The molecule has 0 aliphatic rings. The molecule has 0 unspecified atom stereocenters. The number of carbonyl (C=O) groups excluding carboxylic acids is 1. The van der Waals surface area contributed by atoms with E-state index in [0.717, 1.165) is 18.4 Å². The Bertz CT molecular complexity index is 595. The van der Waals surface area contributed by atoms with Gasteiger partial charge in [0.1, 0.15) is 5.82 Å². The maximum absolute atomic E-state index is 11.7. The molecule has 1 amide bonds. The van der Waals surface area contributed by atoms with Crippen molar-refractivity contribution in [3.8, 4) is 0 Å². The number of H-pyrrole nitrogens is 1. The Hall–Kier alpha value is -2.38. The van der Waals surface area contributed by atoms with E-state index >= 15 is 0 Å². The zero-order chi connectivity index (χ0) is 14.5. The van der Waals surface area contributed by atoms with Crippen LogP contribution in [0.15, 0.2) is 6.20 Å². The van der Waals surface area contributed by atoms with Gasteiger partial charge in [-0.05, 0) is 6.42 Å². The molecule has 0 radical (unpaired) electrons. The van der Waals surface area contributed by atoms with Crippen LogP contribution in [0.2, 0.25) is 0 Å². The number of anilines is 2. The first kappa shape index (κ1) is 14.0. The molecule has 2 aromatic rings. The number of aromatic amines is 1. The Morgan fingerprint density at radius 2 is 2.20 bits per heavy atom. The Kier molecular flexibility index (Phi) is 4.34. The van der Waals surface area contributed by atoms with Crippen molar-refractivity contribution in [3.63, 3.8) is 0 Å². The number of aromatic nitrogens is 4. The van der Waals surface area contributed by atoms with Gasteiger partial charge in [0.25, 0.3) is 0 Å². The number of hydrogen-bond donors (Lipinski definition) is 3. The summed E-state index contributed by atoms with van der Waals surface area (Å²) in [6.07, 6.45) is 2.59. The van der Waals surface area contributed by atoms with Crippen LogP contribution in [0.25, 0.3) is 11.0 Å². The SMILES string of the molecule is CCCN(CC(=O)NC)c1nc(NC)nc2[nH]ncc12. The van der Waals surface area contributed by atoms with Crippen LogP contribution in [0.3, 0.4) is 0 Å². The second-order valence-electron chi connectivity index (χ2n) is 4.35. The van der Waals surface area contributed by atoms with Crippen molar-refractivity contribution in [2.45, 2.75) is 13.3 Å². The van der Waals surface area contributed by atoms with Gasteiger partial charge in [0.15, 0.2) is 5.65 Å². The summed E-state index contributed by atoms with van der Waals surface area (Å²) >= 11 is 0. The van der Waals surface area contributed by atoms with Crippen LogP contribution < -0.4 is 15.5 Å². The van der Waals surface area contributed by atoms with E-state index in [1.807, 2.05) is 4.90 Å². The molecule has 0 fully saturated rings. The van der Waals surface area contributed by atoms with Gasteiger partial charge in [0.05, 0.1) is 18.1 Å². The quantitative estimate of drug-likeness (QED) is 0.705. The van der Waals surface area contributed by atoms with Crippen LogP contribution in [0, 0.1) is 0 Å². The smallest absolute Gasteiger partial charge is 0.239 e. The molecule has 0 saturated heterocycles. The highest BCUT2D eigenvalue weighted by molar-refractivity contribution is 5.90. The molecule has 0 bridgehead atoms. The third-order valence-corrected chi connectivity index (χ3v) is 2.92. The monoisotopic (exact) mass is 277 g/mol. The van der Waals surface area contributed by atoms with Crippen molar-refractivity contribution < 1.29 is 4.79 Å². The standard InChI is InChI=1S/C12H19N7O/c1-4-5-19(7-9(20)13-2)11-8-6-15-18-10(8)16-12(14-3)17-11/h6H,4-5,7H2,1-3H3,(H,13,20)(H2,14,15,16,17,18). The van der Waals surface area contributed by atoms with Crippen LogP contribution in [0.5, 0.6) is 0 Å². The van der Waals surface area contributed by atoms with Crippen molar-refractivity contribution in [2.24, 2.45) is 0 Å². The first-order valence-corrected chi connectivity index (χ1v) is 6.54. The predicted molar refractivity (Wildman–Crippen MR) is 77.8 cm³/mol. The molecule has 2 heterocycles. The summed E-state index contributed by atoms with van der Waals surface area (Å²) in [5.41, 5.74) is 0.650. The number of likely N-dealkylation sites (N-methyl/N-ethyl adjacent to an activating group) is 1. The third kappa shape index (κ3) is 2.79. The van der Waals surface area contributed by atoms with E-state index in [9.17, 15) is 4.79 Å². The minimum absolute atomic E-state index is 0.0558. The minimum atomic E-state index is -0.0558. The molecule has 0 saturated carbocycles. The fourth-order valence-corrected chi connectivity index (χ4v) is 1.95. The van der Waals surface area contributed by atoms with Crippen molar-refractivity contribution in [1.29, 1.82) is 0 Å². The zero-order valence-corrected chi connectivity index (χ0v) is 11.9. The van der Waals surface area contributed by atoms with Crippen LogP contribution >= 0.6 is 0 Å². The van der Waals surface area contributed by atoms with Crippen molar-refractivity contribution in [1.82, 2.24) is 25.5 Å². The van der Waals surface area contributed by atoms with E-state index < -0.39 is 0 Å². The Balaban J connectivity index is 2.45. The van der Waals surface area contributed by atoms with Crippen LogP contribution in [0.4, 0.5) is 11.8 Å². The number of fused-ring (bicyclic) bond motifs is 1. The van der Waals surface area contributed by atoms with E-state index in [1.54, 1.807) is 20.3 Å². The molecule has 3 N–H and O–H groups in total. The van der Waals surface area contributed by atoms with Crippen molar-refractivity contribution in [3.05, 3.63) is 6.20 Å². The van der Waals surface area contributed by atoms with Gasteiger partial charge >= 0.3 is 0 Å². The lowest BCUT2D eigenvalue weighted by atomic mass is 10.3. The van der Waals surface area contributed by atoms with Crippen LogP contribution in [-0.2, 0) is 4.79 Å². The fourth-order valence-electron chi connectivity index (χ4n) is 1.95. The highest BCUT2D eigenvalue weighted by Gasteiger charge is 2.17. The number of amides is 1. The largest absolute Gasteiger partial charge is 0.358 e. The summed E-state index contributed by atoms with van der Waals surface area (Å²) < 4.78 is 0. The Morgan fingerprint density at radius 3 is 2.85 bits per heavy atom. The molecule has 8 heteroatoms. The van der Waals surface area contributed by atoms with Gasteiger partial charge in [-0.2, -0.15) is 15.1 Å². The molecule has 2 rings (SSSR count). The minimum Gasteiger partial charge on any atom is -0.358 e.